The van der Waals surface area contributed by atoms with E-state index in [9.17, 15) is 4.79 Å². The van der Waals surface area contributed by atoms with E-state index >= 15 is 0 Å². The number of aromatic nitrogens is 1. The Morgan fingerprint density at radius 2 is 2.00 bits per heavy atom. The lowest BCUT2D eigenvalue weighted by Crippen LogP contribution is -2.39. The number of nitrogens with one attached hydrogen (secondary N) is 2. The maximum absolute atomic E-state index is 12.1. The van der Waals surface area contributed by atoms with Crippen LogP contribution in [0.3, 0.4) is 0 Å². The second kappa shape index (κ2) is 5.90. The van der Waals surface area contributed by atoms with Crippen molar-refractivity contribution in [3.05, 3.63) is 36.7 Å². The first-order valence-electron chi connectivity index (χ1n) is 7.23. The number of rotatable bonds is 2. The van der Waals surface area contributed by atoms with E-state index in [4.69, 9.17) is 0 Å². The van der Waals surface area contributed by atoms with Gasteiger partial charge in [-0.05, 0) is 25.0 Å². The molecular formula is C16H19N3O. The van der Waals surface area contributed by atoms with E-state index in [-0.39, 0.29) is 6.03 Å². The van der Waals surface area contributed by atoms with Gasteiger partial charge < -0.3 is 10.6 Å². The summed E-state index contributed by atoms with van der Waals surface area (Å²) in [6, 6.07) is 7.97. The maximum atomic E-state index is 12.1. The quantitative estimate of drug-likeness (QED) is 0.873. The molecule has 0 saturated heterocycles. The van der Waals surface area contributed by atoms with Crippen molar-refractivity contribution >= 4 is 22.5 Å². The van der Waals surface area contributed by atoms with Gasteiger partial charge in [-0.1, -0.05) is 31.4 Å². The van der Waals surface area contributed by atoms with Crippen LogP contribution in [-0.2, 0) is 0 Å². The van der Waals surface area contributed by atoms with Crippen molar-refractivity contribution in [1.29, 1.82) is 0 Å². The molecule has 0 unspecified atom stereocenters. The number of urea groups is 1. The third kappa shape index (κ3) is 2.90. The summed E-state index contributed by atoms with van der Waals surface area (Å²) in [7, 11) is 0. The second-order valence-electron chi connectivity index (χ2n) is 5.34. The molecule has 1 fully saturated rings. The molecule has 1 aliphatic rings. The van der Waals surface area contributed by atoms with Crippen LogP contribution in [0.25, 0.3) is 10.8 Å². The van der Waals surface area contributed by atoms with E-state index in [1.165, 1.54) is 19.3 Å². The molecule has 0 atom stereocenters. The largest absolute Gasteiger partial charge is 0.335 e. The van der Waals surface area contributed by atoms with Crippen LogP contribution >= 0.6 is 0 Å². The topological polar surface area (TPSA) is 54.0 Å². The van der Waals surface area contributed by atoms with Gasteiger partial charge >= 0.3 is 6.03 Å². The minimum Gasteiger partial charge on any atom is -0.335 e. The van der Waals surface area contributed by atoms with Crippen molar-refractivity contribution < 1.29 is 4.79 Å². The summed E-state index contributed by atoms with van der Waals surface area (Å²) in [5, 5.41) is 8.07. The molecule has 1 heterocycles. The predicted molar refractivity (Wildman–Crippen MR) is 80.8 cm³/mol. The van der Waals surface area contributed by atoms with Crippen molar-refractivity contribution in [3.8, 4) is 0 Å². The van der Waals surface area contributed by atoms with Crippen molar-refractivity contribution in [2.75, 3.05) is 5.32 Å². The van der Waals surface area contributed by atoms with Gasteiger partial charge in [0.15, 0.2) is 0 Å². The second-order valence-corrected chi connectivity index (χ2v) is 5.34. The van der Waals surface area contributed by atoms with Gasteiger partial charge in [0, 0.05) is 29.2 Å². The Morgan fingerprint density at radius 3 is 2.85 bits per heavy atom. The molecule has 2 amide bonds. The Morgan fingerprint density at radius 1 is 1.15 bits per heavy atom. The Hall–Kier alpha value is -2.10. The number of pyridine rings is 1. The molecular weight excluding hydrogens is 250 g/mol. The first-order valence-corrected chi connectivity index (χ1v) is 7.23. The van der Waals surface area contributed by atoms with Crippen LogP contribution in [0.4, 0.5) is 10.5 Å². The third-order valence-corrected chi connectivity index (χ3v) is 3.87. The lowest BCUT2D eigenvalue weighted by atomic mass is 9.96. The minimum absolute atomic E-state index is 0.110. The Kier molecular flexibility index (Phi) is 3.81. The van der Waals surface area contributed by atoms with Crippen LogP contribution in [0.2, 0.25) is 0 Å². The smallest absolute Gasteiger partial charge is 0.319 e. The summed E-state index contributed by atoms with van der Waals surface area (Å²) in [4.78, 5) is 16.2. The first kappa shape index (κ1) is 12.9. The molecule has 0 bridgehead atoms. The number of fused-ring (bicyclic) bond motifs is 1. The highest BCUT2D eigenvalue weighted by Gasteiger charge is 2.15. The number of carbonyl (C=O) groups is 1. The van der Waals surface area contributed by atoms with E-state index in [1.807, 2.05) is 24.3 Å². The molecule has 0 aliphatic heterocycles. The molecule has 0 radical (unpaired) electrons. The summed E-state index contributed by atoms with van der Waals surface area (Å²) >= 11 is 0. The van der Waals surface area contributed by atoms with E-state index in [2.05, 4.69) is 15.6 Å². The van der Waals surface area contributed by atoms with Gasteiger partial charge in [-0.3, -0.25) is 4.98 Å². The minimum atomic E-state index is -0.110. The fourth-order valence-corrected chi connectivity index (χ4v) is 2.82. The summed E-state index contributed by atoms with van der Waals surface area (Å²) in [5.74, 6) is 0. The third-order valence-electron chi connectivity index (χ3n) is 3.87. The van der Waals surface area contributed by atoms with E-state index in [0.29, 0.717) is 6.04 Å². The lowest BCUT2D eigenvalue weighted by molar-refractivity contribution is 0.244. The van der Waals surface area contributed by atoms with Gasteiger partial charge in [0.05, 0.1) is 5.69 Å². The zero-order chi connectivity index (χ0) is 13.8. The molecule has 3 rings (SSSR count). The van der Waals surface area contributed by atoms with E-state index in [1.54, 1.807) is 12.4 Å². The number of nitrogens with zero attached hydrogens (tertiary/aromatic N) is 1. The van der Waals surface area contributed by atoms with Crippen LogP contribution in [0, 0.1) is 0 Å². The van der Waals surface area contributed by atoms with Crippen LogP contribution in [0.15, 0.2) is 36.7 Å². The molecule has 0 spiro atoms. The van der Waals surface area contributed by atoms with Crippen molar-refractivity contribution in [2.24, 2.45) is 0 Å². The average molecular weight is 269 g/mol. The van der Waals surface area contributed by atoms with Crippen molar-refractivity contribution in [1.82, 2.24) is 10.3 Å². The molecule has 1 aromatic carbocycles. The molecule has 1 saturated carbocycles. The number of benzene rings is 1. The Balaban J connectivity index is 1.71. The number of hydrogen-bond acceptors (Lipinski definition) is 2. The summed E-state index contributed by atoms with van der Waals surface area (Å²) in [6.07, 6.45) is 9.44. The van der Waals surface area contributed by atoms with Gasteiger partial charge in [-0.2, -0.15) is 0 Å². The Bertz CT molecular complexity index is 600. The van der Waals surface area contributed by atoms with E-state index < -0.39 is 0 Å². The molecule has 2 N–H and O–H groups in total. The molecule has 20 heavy (non-hydrogen) atoms. The molecule has 104 valence electrons. The fraction of sp³-hybridized carbons (Fsp3) is 0.375. The lowest BCUT2D eigenvalue weighted by Gasteiger charge is -2.23. The SMILES string of the molecule is O=C(Nc1cccc2cnccc12)NC1CCCCC1. The fourth-order valence-electron chi connectivity index (χ4n) is 2.82. The van der Waals surface area contributed by atoms with Gasteiger partial charge in [0.2, 0.25) is 0 Å². The highest BCUT2D eigenvalue weighted by molar-refractivity contribution is 6.01. The molecule has 1 aromatic heterocycles. The van der Waals surface area contributed by atoms with Crippen LogP contribution < -0.4 is 10.6 Å². The number of anilines is 1. The van der Waals surface area contributed by atoms with Gasteiger partial charge in [0.1, 0.15) is 0 Å². The van der Waals surface area contributed by atoms with Gasteiger partial charge in [-0.15, -0.1) is 0 Å². The van der Waals surface area contributed by atoms with Crippen LogP contribution in [-0.4, -0.2) is 17.1 Å². The molecule has 1 aliphatic carbocycles. The zero-order valence-electron chi connectivity index (χ0n) is 11.4. The van der Waals surface area contributed by atoms with Gasteiger partial charge in [-0.25, -0.2) is 4.79 Å². The molecule has 4 nitrogen and oxygen atoms in total. The van der Waals surface area contributed by atoms with Gasteiger partial charge in [0.25, 0.3) is 0 Å². The number of amides is 2. The highest BCUT2D eigenvalue weighted by atomic mass is 16.2. The number of hydrogen-bond donors (Lipinski definition) is 2. The normalized spacial score (nSPS) is 16.0. The molecule has 4 heteroatoms. The first-order chi connectivity index (χ1) is 9.83. The highest BCUT2D eigenvalue weighted by Crippen LogP contribution is 2.22. The maximum Gasteiger partial charge on any atom is 0.319 e. The summed E-state index contributed by atoms with van der Waals surface area (Å²) in [5.41, 5.74) is 0.832. The summed E-state index contributed by atoms with van der Waals surface area (Å²) in [6.45, 7) is 0. The zero-order valence-corrected chi connectivity index (χ0v) is 11.4. The van der Waals surface area contributed by atoms with Crippen LogP contribution in [0.5, 0.6) is 0 Å². The van der Waals surface area contributed by atoms with Crippen molar-refractivity contribution in [3.63, 3.8) is 0 Å². The standard InChI is InChI=1S/C16H19N3O/c20-16(18-13-6-2-1-3-7-13)19-15-8-4-5-12-11-17-10-9-14(12)15/h4-5,8-11,13H,1-3,6-7H2,(H2,18,19,20). The van der Waals surface area contributed by atoms with Crippen LogP contribution in [0.1, 0.15) is 32.1 Å². The predicted octanol–water partition coefficient (Wildman–Crippen LogP) is 3.69. The van der Waals surface area contributed by atoms with E-state index in [0.717, 1.165) is 29.3 Å². The summed E-state index contributed by atoms with van der Waals surface area (Å²) < 4.78 is 0. The average Bonchev–Trinajstić information content (AvgIpc) is 2.48. The monoisotopic (exact) mass is 269 g/mol. The van der Waals surface area contributed by atoms with Crippen molar-refractivity contribution in [2.45, 2.75) is 38.1 Å². The molecule has 2 aromatic rings. The number of carbonyl (C=O) groups excluding carboxylic acids is 1. The Labute approximate surface area is 118 Å².